The zero-order chi connectivity index (χ0) is 20.3. The minimum Gasteiger partial charge on any atom is -0.357 e. The Morgan fingerprint density at radius 2 is 1.86 bits per heavy atom. The van der Waals surface area contributed by atoms with E-state index in [1.54, 1.807) is 11.3 Å². The van der Waals surface area contributed by atoms with Gasteiger partial charge in [0.2, 0.25) is 0 Å². The molecule has 29 heavy (non-hydrogen) atoms. The fourth-order valence-electron chi connectivity index (χ4n) is 3.49. The molecule has 2 heterocycles. The molecule has 2 N–H and O–H groups in total. The molecule has 1 aromatic carbocycles. The normalized spacial score (nSPS) is 16.1. The number of nitrogens with one attached hydrogen (secondary N) is 2. The van der Waals surface area contributed by atoms with Crippen molar-refractivity contribution in [2.75, 3.05) is 52.4 Å². The molecule has 0 saturated carbocycles. The van der Waals surface area contributed by atoms with E-state index in [1.165, 1.54) is 5.56 Å². The summed E-state index contributed by atoms with van der Waals surface area (Å²) in [4.78, 5) is 14.3. The fraction of sp³-hybridized carbons (Fsp3) is 0.545. The van der Waals surface area contributed by atoms with Crippen LogP contribution >= 0.6 is 11.3 Å². The van der Waals surface area contributed by atoms with Crippen LogP contribution in [0.1, 0.15) is 23.2 Å². The highest BCUT2D eigenvalue weighted by atomic mass is 32.1. The summed E-state index contributed by atoms with van der Waals surface area (Å²) in [6, 6.07) is 10.8. The van der Waals surface area contributed by atoms with Gasteiger partial charge in [-0.05, 0) is 19.4 Å². The second-order valence-corrected chi connectivity index (χ2v) is 8.46. The first-order valence-electron chi connectivity index (χ1n) is 10.6. The Hall–Kier alpha value is -1.96. The van der Waals surface area contributed by atoms with E-state index in [0.29, 0.717) is 0 Å². The van der Waals surface area contributed by atoms with E-state index < -0.39 is 0 Å². The molecule has 2 aromatic rings. The third-order valence-corrected chi connectivity index (χ3v) is 5.91. The molecule has 1 saturated heterocycles. The maximum atomic E-state index is 4.75. The van der Waals surface area contributed by atoms with Crippen molar-refractivity contribution in [3.8, 4) is 0 Å². The number of hydrogen-bond donors (Lipinski definition) is 2. The molecular formula is C22H34N6S. The summed E-state index contributed by atoms with van der Waals surface area (Å²) in [5, 5.41) is 10.0. The number of piperazine rings is 1. The highest BCUT2D eigenvalue weighted by Crippen LogP contribution is 2.09. The van der Waals surface area contributed by atoms with Gasteiger partial charge in [-0.25, -0.2) is 4.98 Å². The van der Waals surface area contributed by atoms with Crippen molar-refractivity contribution in [3.63, 3.8) is 0 Å². The highest BCUT2D eigenvalue weighted by Gasteiger charge is 2.16. The second kappa shape index (κ2) is 11.9. The lowest BCUT2D eigenvalue weighted by atomic mass is 10.2. The molecule has 6 nitrogen and oxygen atoms in total. The van der Waals surface area contributed by atoms with Crippen LogP contribution in [-0.2, 0) is 13.0 Å². The predicted molar refractivity (Wildman–Crippen MR) is 123 cm³/mol. The van der Waals surface area contributed by atoms with Crippen LogP contribution in [0.3, 0.4) is 0 Å². The van der Waals surface area contributed by atoms with Crippen molar-refractivity contribution in [1.82, 2.24) is 25.4 Å². The molecule has 0 atom stereocenters. The van der Waals surface area contributed by atoms with Gasteiger partial charge in [-0.3, -0.25) is 14.8 Å². The first-order valence-corrected chi connectivity index (χ1v) is 11.5. The van der Waals surface area contributed by atoms with Gasteiger partial charge in [-0.2, -0.15) is 0 Å². The van der Waals surface area contributed by atoms with Gasteiger partial charge in [0.1, 0.15) is 0 Å². The van der Waals surface area contributed by atoms with Gasteiger partial charge in [0.05, 0.1) is 17.2 Å². The summed E-state index contributed by atoms with van der Waals surface area (Å²) in [6.45, 7) is 13.3. The van der Waals surface area contributed by atoms with Gasteiger partial charge in [-0.15, -0.1) is 11.3 Å². The van der Waals surface area contributed by atoms with Crippen LogP contribution in [0.25, 0.3) is 0 Å². The van der Waals surface area contributed by atoms with Crippen molar-refractivity contribution in [1.29, 1.82) is 0 Å². The van der Waals surface area contributed by atoms with Crippen molar-refractivity contribution in [2.45, 2.75) is 26.8 Å². The number of aromatic nitrogens is 1. The molecule has 1 aromatic heterocycles. The van der Waals surface area contributed by atoms with E-state index in [1.807, 2.05) is 0 Å². The quantitative estimate of drug-likeness (QED) is 0.487. The van der Waals surface area contributed by atoms with E-state index >= 15 is 0 Å². The molecule has 3 rings (SSSR count). The highest BCUT2D eigenvalue weighted by molar-refractivity contribution is 7.09. The molecule has 1 aliphatic heterocycles. The van der Waals surface area contributed by atoms with Crippen molar-refractivity contribution in [2.24, 2.45) is 4.99 Å². The summed E-state index contributed by atoms with van der Waals surface area (Å²) in [5.41, 5.74) is 2.56. The maximum Gasteiger partial charge on any atom is 0.191 e. The first kappa shape index (κ1) is 21.7. The summed E-state index contributed by atoms with van der Waals surface area (Å²) in [6.07, 6.45) is 0.929. The minimum absolute atomic E-state index is 0.823. The van der Waals surface area contributed by atoms with Crippen molar-refractivity contribution >= 4 is 17.3 Å². The number of aryl methyl sites for hydroxylation is 1. The Kier molecular flexibility index (Phi) is 8.92. The Morgan fingerprint density at radius 3 is 2.55 bits per heavy atom. The van der Waals surface area contributed by atoms with Crippen molar-refractivity contribution < 1.29 is 0 Å². The summed E-state index contributed by atoms with van der Waals surface area (Å²) >= 11 is 1.71. The molecule has 0 amide bonds. The Morgan fingerprint density at radius 1 is 1.10 bits per heavy atom. The van der Waals surface area contributed by atoms with Crippen LogP contribution in [0.15, 0.2) is 40.7 Å². The van der Waals surface area contributed by atoms with Gasteiger partial charge in [0.15, 0.2) is 5.96 Å². The van der Waals surface area contributed by atoms with Gasteiger partial charge in [0.25, 0.3) is 0 Å². The van der Waals surface area contributed by atoms with Gasteiger partial charge in [0, 0.05) is 64.2 Å². The third kappa shape index (κ3) is 7.76. The monoisotopic (exact) mass is 414 g/mol. The number of guanidine groups is 1. The largest absolute Gasteiger partial charge is 0.357 e. The number of thiazole rings is 1. The number of aliphatic imine (C=N–C) groups is 1. The molecule has 0 radical (unpaired) electrons. The maximum absolute atomic E-state index is 4.75. The van der Waals surface area contributed by atoms with Gasteiger partial charge >= 0.3 is 0 Å². The first-order chi connectivity index (χ1) is 14.2. The average molecular weight is 415 g/mol. The lowest BCUT2D eigenvalue weighted by Gasteiger charge is -2.34. The van der Waals surface area contributed by atoms with Crippen LogP contribution in [0.4, 0.5) is 0 Å². The standard InChI is InChI=1S/C22H34N6S/c1-3-23-22(24-10-9-21-18-29-19(2)26-21)25-11-12-27-13-15-28(16-14-27)17-20-7-5-4-6-8-20/h4-8,18H,3,9-17H2,1-2H3,(H2,23,24,25). The Bertz CT molecular complexity index is 737. The Labute approximate surface area is 179 Å². The van der Waals surface area contributed by atoms with E-state index in [-0.39, 0.29) is 0 Å². The lowest BCUT2D eigenvalue weighted by molar-refractivity contribution is 0.130. The minimum atomic E-state index is 0.823. The van der Waals surface area contributed by atoms with Crippen LogP contribution in [0, 0.1) is 6.92 Å². The fourth-order valence-corrected chi connectivity index (χ4v) is 4.14. The molecule has 0 spiro atoms. The molecule has 0 bridgehead atoms. The summed E-state index contributed by atoms with van der Waals surface area (Å²) < 4.78 is 0. The molecule has 158 valence electrons. The van der Waals surface area contributed by atoms with Crippen LogP contribution < -0.4 is 10.6 Å². The van der Waals surface area contributed by atoms with E-state index in [4.69, 9.17) is 4.99 Å². The molecule has 0 aliphatic carbocycles. The van der Waals surface area contributed by atoms with Crippen LogP contribution in [0.2, 0.25) is 0 Å². The molecule has 7 heteroatoms. The predicted octanol–water partition coefficient (Wildman–Crippen LogP) is 2.37. The van der Waals surface area contributed by atoms with Crippen LogP contribution in [0.5, 0.6) is 0 Å². The van der Waals surface area contributed by atoms with Crippen LogP contribution in [-0.4, -0.2) is 73.1 Å². The lowest BCUT2D eigenvalue weighted by Crippen LogP contribution is -2.46. The zero-order valence-corrected chi connectivity index (χ0v) is 18.5. The van der Waals surface area contributed by atoms with E-state index in [2.05, 4.69) is 75.0 Å². The molecule has 1 fully saturated rings. The summed E-state index contributed by atoms with van der Waals surface area (Å²) in [7, 11) is 0. The third-order valence-electron chi connectivity index (χ3n) is 5.08. The molecule has 1 aliphatic rings. The van der Waals surface area contributed by atoms with Gasteiger partial charge in [-0.1, -0.05) is 30.3 Å². The zero-order valence-electron chi connectivity index (χ0n) is 17.7. The number of benzene rings is 1. The van der Waals surface area contributed by atoms with E-state index in [9.17, 15) is 0 Å². The van der Waals surface area contributed by atoms with Crippen molar-refractivity contribution in [3.05, 3.63) is 52.0 Å². The average Bonchev–Trinajstić information content (AvgIpc) is 3.15. The smallest absolute Gasteiger partial charge is 0.191 e. The van der Waals surface area contributed by atoms with Gasteiger partial charge < -0.3 is 10.6 Å². The SMILES string of the molecule is CCNC(=NCCN1CCN(Cc2ccccc2)CC1)NCCc1csc(C)n1. The molecular weight excluding hydrogens is 380 g/mol. The number of nitrogens with zero attached hydrogens (tertiary/aromatic N) is 4. The number of rotatable bonds is 9. The van der Waals surface area contributed by atoms with E-state index in [0.717, 1.165) is 82.0 Å². The Balaban J connectivity index is 1.34. The second-order valence-electron chi connectivity index (χ2n) is 7.40. The summed E-state index contributed by atoms with van der Waals surface area (Å²) in [5.74, 6) is 0.905. The number of hydrogen-bond acceptors (Lipinski definition) is 5. The molecule has 0 unspecified atom stereocenters. The topological polar surface area (TPSA) is 55.8 Å².